The van der Waals surface area contributed by atoms with Gasteiger partial charge in [0.15, 0.2) is 12.3 Å². The molecule has 2 aromatic rings. The van der Waals surface area contributed by atoms with Crippen LogP contribution >= 0.6 is 0 Å². The van der Waals surface area contributed by atoms with Gasteiger partial charge in [-0.25, -0.2) is 4.79 Å². The molecule has 1 N–H and O–H groups in total. The van der Waals surface area contributed by atoms with E-state index in [0.717, 1.165) is 0 Å². The fourth-order valence-corrected chi connectivity index (χ4v) is 1.84. The predicted octanol–water partition coefficient (Wildman–Crippen LogP) is 1.53. The number of amides is 1. The van der Waals surface area contributed by atoms with Crippen LogP contribution in [0.2, 0.25) is 0 Å². The van der Waals surface area contributed by atoms with Gasteiger partial charge in [0.2, 0.25) is 0 Å². The quantitative estimate of drug-likeness (QED) is 0.847. The van der Waals surface area contributed by atoms with E-state index in [2.05, 4.69) is 15.2 Å². The van der Waals surface area contributed by atoms with Crippen molar-refractivity contribution in [1.29, 1.82) is 0 Å². The molecule has 0 aliphatic heterocycles. The Hall–Kier alpha value is -2.83. The molecule has 0 aliphatic carbocycles. The zero-order chi connectivity index (χ0) is 16.1. The van der Waals surface area contributed by atoms with Crippen LogP contribution in [0.3, 0.4) is 0 Å². The van der Waals surface area contributed by atoms with Gasteiger partial charge in [-0.3, -0.25) is 9.48 Å². The van der Waals surface area contributed by atoms with E-state index in [1.54, 1.807) is 26.1 Å². The number of hydrogen-bond donors (Lipinski definition) is 1. The largest absolute Gasteiger partial charge is 0.484 e. The number of ether oxygens (including phenoxy) is 2. The summed E-state index contributed by atoms with van der Waals surface area (Å²) in [6.07, 6.45) is 0. The third-order valence-electron chi connectivity index (χ3n) is 3.09. The summed E-state index contributed by atoms with van der Waals surface area (Å²) in [6, 6.07) is 8.99. The zero-order valence-electron chi connectivity index (χ0n) is 12.6. The fraction of sp³-hybridized carbons (Fsp3) is 0.267. The average Bonchev–Trinajstić information content (AvgIpc) is 2.81. The molecule has 0 saturated heterocycles. The van der Waals surface area contributed by atoms with Crippen molar-refractivity contribution in [2.24, 2.45) is 7.05 Å². The van der Waals surface area contributed by atoms with Crippen molar-refractivity contribution in [1.82, 2.24) is 9.78 Å². The van der Waals surface area contributed by atoms with Crippen LogP contribution in [0.25, 0.3) is 0 Å². The number of carbonyl (C=O) groups excluding carboxylic acids is 2. The highest BCUT2D eigenvalue weighted by molar-refractivity contribution is 6.01. The summed E-state index contributed by atoms with van der Waals surface area (Å²) < 4.78 is 11.5. The smallest absolute Gasteiger partial charge is 0.360 e. The molecule has 116 valence electrons. The van der Waals surface area contributed by atoms with Crippen molar-refractivity contribution in [2.45, 2.75) is 6.92 Å². The lowest BCUT2D eigenvalue weighted by molar-refractivity contribution is -0.118. The van der Waals surface area contributed by atoms with E-state index >= 15 is 0 Å². The van der Waals surface area contributed by atoms with Crippen molar-refractivity contribution < 1.29 is 19.1 Å². The lowest BCUT2D eigenvalue weighted by Gasteiger charge is -2.08. The van der Waals surface area contributed by atoms with Crippen LogP contribution in [-0.2, 0) is 16.6 Å². The first-order valence-corrected chi connectivity index (χ1v) is 6.62. The van der Waals surface area contributed by atoms with Gasteiger partial charge in [-0.15, -0.1) is 0 Å². The molecule has 2 rings (SSSR count). The molecule has 1 aromatic heterocycles. The number of esters is 1. The van der Waals surface area contributed by atoms with Gasteiger partial charge < -0.3 is 14.8 Å². The van der Waals surface area contributed by atoms with Gasteiger partial charge in [0.05, 0.1) is 18.5 Å². The van der Waals surface area contributed by atoms with Crippen LogP contribution in [0.15, 0.2) is 30.3 Å². The minimum atomic E-state index is -0.608. The number of hydrogen-bond acceptors (Lipinski definition) is 5. The summed E-state index contributed by atoms with van der Waals surface area (Å²) in [6.45, 7) is 1.58. The Labute approximate surface area is 127 Å². The number of rotatable bonds is 5. The molecule has 1 aromatic carbocycles. The highest BCUT2D eigenvalue weighted by Crippen LogP contribution is 2.20. The van der Waals surface area contributed by atoms with E-state index in [-0.39, 0.29) is 18.2 Å². The molecular weight excluding hydrogens is 286 g/mol. The molecule has 0 unspecified atom stereocenters. The SMILES string of the molecule is COC(=O)c1nn(C)c(C)c1NC(=O)COc1ccccc1. The highest BCUT2D eigenvalue weighted by Gasteiger charge is 2.22. The van der Waals surface area contributed by atoms with Gasteiger partial charge in [-0.2, -0.15) is 5.10 Å². The lowest BCUT2D eigenvalue weighted by atomic mass is 10.3. The van der Waals surface area contributed by atoms with Gasteiger partial charge in [0.1, 0.15) is 5.75 Å². The molecule has 0 aliphatic rings. The molecule has 0 bridgehead atoms. The first-order valence-electron chi connectivity index (χ1n) is 6.62. The summed E-state index contributed by atoms with van der Waals surface area (Å²) in [5.41, 5.74) is 1.04. The van der Waals surface area contributed by atoms with Crippen LogP contribution in [0.4, 0.5) is 5.69 Å². The van der Waals surface area contributed by atoms with E-state index in [0.29, 0.717) is 17.1 Å². The maximum absolute atomic E-state index is 12.0. The minimum absolute atomic E-state index is 0.0653. The number of carbonyl (C=O) groups is 2. The summed E-state index contributed by atoms with van der Waals surface area (Å²) in [7, 11) is 2.94. The molecule has 0 radical (unpaired) electrons. The Morgan fingerprint density at radius 3 is 2.59 bits per heavy atom. The summed E-state index contributed by atoms with van der Waals surface area (Å²) in [4.78, 5) is 23.7. The number of benzene rings is 1. The van der Waals surface area contributed by atoms with Crippen LogP contribution in [0, 0.1) is 6.92 Å². The van der Waals surface area contributed by atoms with Crippen LogP contribution in [-0.4, -0.2) is 35.4 Å². The van der Waals surface area contributed by atoms with Crippen molar-refractivity contribution in [3.05, 3.63) is 41.7 Å². The molecule has 7 nitrogen and oxygen atoms in total. The maximum Gasteiger partial charge on any atom is 0.360 e. The second kappa shape index (κ2) is 6.75. The first-order chi connectivity index (χ1) is 10.5. The van der Waals surface area contributed by atoms with Crippen molar-refractivity contribution >= 4 is 17.6 Å². The molecule has 7 heteroatoms. The Morgan fingerprint density at radius 1 is 1.27 bits per heavy atom. The predicted molar refractivity (Wildman–Crippen MR) is 79.9 cm³/mol. The van der Waals surface area contributed by atoms with Gasteiger partial charge in [0, 0.05) is 7.05 Å². The maximum atomic E-state index is 12.0. The van der Waals surface area contributed by atoms with Gasteiger partial charge in [0.25, 0.3) is 5.91 Å². The normalized spacial score (nSPS) is 10.1. The molecule has 22 heavy (non-hydrogen) atoms. The van der Waals surface area contributed by atoms with Crippen LogP contribution < -0.4 is 10.1 Å². The van der Waals surface area contributed by atoms with Gasteiger partial charge >= 0.3 is 5.97 Å². The van der Waals surface area contributed by atoms with Crippen LogP contribution in [0.1, 0.15) is 16.2 Å². The minimum Gasteiger partial charge on any atom is -0.484 e. The zero-order valence-corrected chi connectivity index (χ0v) is 12.6. The number of aromatic nitrogens is 2. The Morgan fingerprint density at radius 2 is 1.95 bits per heavy atom. The monoisotopic (exact) mass is 303 g/mol. The van der Waals surface area contributed by atoms with Gasteiger partial charge in [-0.05, 0) is 19.1 Å². The summed E-state index contributed by atoms with van der Waals surface area (Å²) >= 11 is 0. The van der Waals surface area contributed by atoms with Crippen molar-refractivity contribution in [3.8, 4) is 5.75 Å². The van der Waals surface area contributed by atoms with E-state index in [4.69, 9.17) is 4.74 Å². The molecule has 0 spiro atoms. The van der Waals surface area contributed by atoms with E-state index in [9.17, 15) is 9.59 Å². The molecule has 0 saturated carbocycles. The summed E-state index contributed by atoms with van der Waals surface area (Å²) in [5.74, 6) is -0.401. The second-order valence-electron chi connectivity index (χ2n) is 4.57. The van der Waals surface area contributed by atoms with E-state index in [1.165, 1.54) is 11.8 Å². The van der Waals surface area contributed by atoms with Gasteiger partial charge in [-0.1, -0.05) is 18.2 Å². The number of nitrogens with one attached hydrogen (secondary N) is 1. The third kappa shape index (κ3) is 3.43. The molecular formula is C15H17N3O4. The van der Waals surface area contributed by atoms with Crippen LogP contribution in [0.5, 0.6) is 5.75 Å². The highest BCUT2D eigenvalue weighted by atomic mass is 16.5. The number of nitrogens with zero attached hydrogens (tertiary/aromatic N) is 2. The number of methoxy groups -OCH3 is 1. The Bertz CT molecular complexity index is 680. The second-order valence-corrected chi connectivity index (χ2v) is 4.57. The lowest BCUT2D eigenvalue weighted by Crippen LogP contribution is -2.21. The van der Waals surface area contributed by atoms with Crippen molar-refractivity contribution in [2.75, 3.05) is 19.0 Å². The molecule has 1 amide bonds. The van der Waals surface area contributed by atoms with E-state index < -0.39 is 5.97 Å². The standard InChI is InChI=1S/C15H17N3O4/c1-10-13(14(15(20)21-3)17-18(10)2)16-12(19)9-22-11-7-5-4-6-8-11/h4-8H,9H2,1-3H3,(H,16,19). The molecule has 0 fully saturated rings. The van der Waals surface area contributed by atoms with Crippen molar-refractivity contribution in [3.63, 3.8) is 0 Å². The molecule has 1 heterocycles. The van der Waals surface area contributed by atoms with E-state index in [1.807, 2.05) is 18.2 Å². The topological polar surface area (TPSA) is 82.5 Å². The number of anilines is 1. The fourth-order valence-electron chi connectivity index (χ4n) is 1.84. The summed E-state index contributed by atoms with van der Waals surface area (Å²) in [5, 5.41) is 6.68. The Kier molecular flexibility index (Phi) is 4.77. The average molecular weight is 303 g/mol. The molecule has 0 atom stereocenters. The Balaban J connectivity index is 2.07. The number of aryl methyl sites for hydroxylation is 1. The third-order valence-corrected chi connectivity index (χ3v) is 3.09. The number of para-hydroxylation sites is 1. The first kappa shape index (κ1) is 15.6.